The summed E-state index contributed by atoms with van der Waals surface area (Å²) in [6.45, 7) is 0.356. The molecule has 0 aliphatic heterocycles. The number of para-hydroxylation sites is 2. The first kappa shape index (κ1) is 24.9. The molecule has 0 unspecified atom stereocenters. The van der Waals surface area contributed by atoms with E-state index in [-0.39, 0.29) is 0 Å². The maximum Gasteiger partial charge on any atom is 0.259 e. The first-order valence-electron chi connectivity index (χ1n) is 11.9. The molecule has 7 heteroatoms. The molecule has 0 N–H and O–H groups in total. The number of ether oxygens (including phenoxy) is 1. The second-order valence-corrected chi connectivity index (χ2v) is 8.55. The maximum atomic E-state index is 6.29. The van der Waals surface area contributed by atoms with Crippen LogP contribution in [0.1, 0.15) is 16.8 Å². The second kappa shape index (κ2) is 12.4. The van der Waals surface area contributed by atoms with E-state index in [1.807, 2.05) is 115 Å². The highest BCUT2D eigenvalue weighted by atomic mass is 35.5. The van der Waals surface area contributed by atoms with Crippen LogP contribution in [0.3, 0.4) is 0 Å². The van der Waals surface area contributed by atoms with Crippen LogP contribution in [-0.4, -0.2) is 20.7 Å². The quantitative estimate of drug-likeness (QED) is 0.150. The molecule has 0 saturated heterocycles. The lowest BCUT2D eigenvalue weighted by atomic mass is 10.1. The van der Waals surface area contributed by atoms with Crippen LogP contribution in [0.2, 0.25) is 5.02 Å². The smallest absolute Gasteiger partial charge is 0.259 e. The molecule has 6 nitrogen and oxygen atoms in total. The van der Waals surface area contributed by atoms with Gasteiger partial charge in [-0.05, 0) is 60.7 Å². The van der Waals surface area contributed by atoms with Gasteiger partial charge >= 0.3 is 0 Å². The Balaban J connectivity index is 1.41. The van der Waals surface area contributed by atoms with Crippen molar-refractivity contribution in [1.29, 1.82) is 0 Å². The second-order valence-electron chi connectivity index (χ2n) is 8.14. The van der Waals surface area contributed by atoms with E-state index in [0.29, 0.717) is 23.2 Å². The summed E-state index contributed by atoms with van der Waals surface area (Å²) in [7, 11) is 0. The fraction of sp³-hybridized carbons (Fsp3) is 0.0323. The molecule has 0 fully saturated rings. The van der Waals surface area contributed by atoms with Crippen LogP contribution in [0, 0.1) is 0 Å². The highest BCUT2D eigenvalue weighted by molar-refractivity contribution is 6.31. The average Bonchev–Trinajstić information content (AvgIpc) is 2.97. The molecular weight excluding hydrogens is 496 g/mol. The Morgan fingerprint density at radius 1 is 0.789 bits per heavy atom. The van der Waals surface area contributed by atoms with Crippen molar-refractivity contribution < 1.29 is 9.57 Å². The summed E-state index contributed by atoms with van der Waals surface area (Å²) >= 11 is 6.29. The molecule has 5 aromatic rings. The number of hydrogen-bond donors (Lipinski definition) is 0. The van der Waals surface area contributed by atoms with Crippen LogP contribution in [0.5, 0.6) is 11.6 Å². The summed E-state index contributed by atoms with van der Waals surface area (Å²) < 4.78 is 6.09. The van der Waals surface area contributed by atoms with Gasteiger partial charge in [-0.1, -0.05) is 71.4 Å². The van der Waals surface area contributed by atoms with E-state index >= 15 is 0 Å². The lowest BCUT2D eigenvalue weighted by molar-refractivity contribution is 0.305. The van der Waals surface area contributed by atoms with Crippen molar-refractivity contribution >= 4 is 40.4 Å². The standard InChI is InChI=1S/C31H23ClN4O2/c32-28-13-4-1-10-24(28)21-37-30-15-6-2-9-23(30)16-17-26(19-18-25-11-7-8-20-33-25)36-38-31-27-12-3-5-14-29(27)34-22-35-31/h1-20,22H,21H2/b17-16+,19-18+,36-26-. The Kier molecular flexibility index (Phi) is 8.13. The van der Waals surface area contributed by atoms with Crippen LogP contribution in [0.15, 0.2) is 121 Å². The van der Waals surface area contributed by atoms with Gasteiger partial charge in [0.2, 0.25) is 0 Å². The number of hydrogen-bond acceptors (Lipinski definition) is 6. The molecule has 5 rings (SSSR count). The molecule has 2 aromatic heterocycles. The van der Waals surface area contributed by atoms with Crippen molar-refractivity contribution in [3.05, 3.63) is 138 Å². The highest BCUT2D eigenvalue weighted by Crippen LogP contribution is 2.24. The number of allylic oxidation sites excluding steroid dienone is 2. The number of nitrogens with zero attached hydrogens (tertiary/aromatic N) is 4. The summed E-state index contributed by atoms with van der Waals surface area (Å²) in [5.41, 5.74) is 3.92. The van der Waals surface area contributed by atoms with Gasteiger partial charge in [0.1, 0.15) is 24.4 Å². The molecule has 0 amide bonds. The van der Waals surface area contributed by atoms with E-state index in [4.69, 9.17) is 21.2 Å². The number of oxime groups is 1. The van der Waals surface area contributed by atoms with Crippen molar-refractivity contribution in [2.75, 3.05) is 0 Å². The average molecular weight is 519 g/mol. The molecule has 38 heavy (non-hydrogen) atoms. The third-order valence-electron chi connectivity index (χ3n) is 5.55. The third kappa shape index (κ3) is 6.49. The van der Waals surface area contributed by atoms with E-state index in [9.17, 15) is 0 Å². The van der Waals surface area contributed by atoms with Crippen molar-refractivity contribution in [2.24, 2.45) is 5.16 Å². The lowest BCUT2D eigenvalue weighted by Gasteiger charge is -2.10. The van der Waals surface area contributed by atoms with Crippen LogP contribution >= 0.6 is 11.6 Å². The molecule has 2 heterocycles. The topological polar surface area (TPSA) is 69.5 Å². The monoisotopic (exact) mass is 518 g/mol. The van der Waals surface area contributed by atoms with Crippen LogP contribution in [0.4, 0.5) is 0 Å². The van der Waals surface area contributed by atoms with E-state index in [2.05, 4.69) is 20.1 Å². The van der Waals surface area contributed by atoms with Gasteiger partial charge in [-0.25, -0.2) is 4.98 Å². The Hall–Kier alpha value is -4.81. The molecule has 0 saturated carbocycles. The van der Waals surface area contributed by atoms with E-state index < -0.39 is 0 Å². The van der Waals surface area contributed by atoms with Gasteiger partial charge in [-0.15, -0.1) is 0 Å². The molecule has 0 aliphatic rings. The Labute approximate surface area is 225 Å². The summed E-state index contributed by atoms with van der Waals surface area (Å²) in [6, 6.07) is 28.7. The Bertz CT molecular complexity index is 1610. The highest BCUT2D eigenvalue weighted by Gasteiger charge is 2.06. The number of aromatic nitrogens is 3. The number of fused-ring (bicyclic) bond motifs is 1. The summed E-state index contributed by atoms with van der Waals surface area (Å²) in [4.78, 5) is 18.7. The maximum absolute atomic E-state index is 6.29. The van der Waals surface area contributed by atoms with Gasteiger partial charge in [0.15, 0.2) is 0 Å². The summed E-state index contributed by atoms with van der Waals surface area (Å²) in [6.07, 6.45) is 10.7. The summed E-state index contributed by atoms with van der Waals surface area (Å²) in [5, 5.41) is 5.82. The largest absolute Gasteiger partial charge is 0.488 e. The van der Waals surface area contributed by atoms with Gasteiger partial charge in [0.25, 0.3) is 5.88 Å². The van der Waals surface area contributed by atoms with Crippen molar-refractivity contribution in [2.45, 2.75) is 6.61 Å². The molecule has 0 atom stereocenters. The number of halogens is 1. The van der Waals surface area contributed by atoms with E-state index in [0.717, 1.165) is 33.5 Å². The fourth-order valence-corrected chi connectivity index (χ4v) is 3.80. The summed E-state index contributed by atoms with van der Waals surface area (Å²) in [5.74, 6) is 1.09. The molecule has 0 bridgehead atoms. The van der Waals surface area contributed by atoms with Crippen LogP contribution < -0.4 is 9.57 Å². The van der Waals surface area contributed by atoms with Gasteiger partial charge < -0.3 is 9.57 Å². The fourth-order valence-electron chi connectivity index (χ4n) is 3.61. The molecule has 186 valence electrons. The first-order valence-corrected chi connectivity index (χ1v) is 12.3. The molecule has 0 aliphatic carbocycles. The van der Waals surface area contributed by atoms with E-state index in [1.165, 1.54) is 6.33 Å². The van der Waals surface area contributed by atoms with Crippen molar-refractivity contribution in [3.8, 4) is 11.6 Å². The van der Waals surface area contributed by atoms with Gasteiger partial charge in [0, 0.05) is 22.3 Å². The van der Waals surface area contributed by atoms with Gasteiger partial charge in [0.05, 0.1) is 16.6 Å². The first-order chi connectivity index (χ1) is 18.8. The minimum Gasteiger partial charge on any atom is -0.488 e. The zero-order chi connectivity index (χ0) is 26.0. The predicted octanol–water partition coefficient (Wildman–Crippen LogP) is 7.42. The number of benzene rings is 3. The Morgan fingerprint density at radius 2 is 1.58 bits per heavy atom. The molecular formula is C31H23ClN4O2. The predicted molar refractivity (Wildman–Crippen MR) is 152 cm³/mol. The SMILES string of the molecule is Clc1ccccc1COc1ccccc1/C=C/C(/C=C/c1ccccn1)=N/Oc1ncnc2ccccc12. The third-order valence-corrected chi connectivity index (χ3v) is 5.92. The van der Waals surface area contributed by atoms with Crippen molar-refractivity contribution in [3.63, 3.8) is 0 Å². The van der Waals surface area contributed by atoms with E-state index in [1.54, 1.807) is 6.20 Å². The number of rotatable bonds is 9. The van der Waals surface area contributed by atoms with Gasteiger partial charge in [-0.2, -0.15) is 4.98 Å². The zero-order valence-corrected chi connectivity index (χ0v) is 21.1. The lowest BCUT2D eigenvalue weighted by Crippen LogP contribution is -1.98. The number of pyridine rings is 1. The van der Waals surface area contributed by atoms with Gasteiger partial charge in [-0.3, -0.25) is 4.98 Å². The minimum atomic E-state index is 0.356. The minimum absolute atomic E-state index is 0.356. The van der Waals surface area contributed by atoms with Crippen molar-refractivity contribution in [1.82, 2.24) is 15.0 Å². The zero-order valence-electron chi connectivity index (χ0n) is 20.3. The normalized spacial score (nSPS) is 11.9. The molecule has 0 radical (unpaired) electrons. The molecule has 3 aromatic carbocycles. The molecule has 0 spiro atoms. The van der Waals surface area contributed by atoms with Crippen LogP contribution in [-0.2, 0) is 6.61 Å². The Morgan fingerprint density at radius 3 is 2.47 bits per heavy atom. The van der Waals surface area contributed by atoms with Crippen LogP contribution in [0.25, 0.3) is 23.1 Å².